The standard InChI is InChI=1S/C10H17BrN4O/c1-4-16-10(2,3)6-13-9-14-7(11)5-8(12)15-9/h5H,4,6H2,1-3H3,(H3,12,13,14,15). The molecule has 0 atom stereocenters. The monoisotopic (exact) mass is 288 g/mol. The van der Waals surface area contributed by atoms with Crippen molar-refractivity contribution in [3.05, 3.63) is 10.7 Å². The summed E-state index contributed by atoms with van der Waals surface area (Å²) >= 11 is 3.26. The summed E-state index contributed by atoms with van der Waals surface area (Å²) in [5.74, 6) is 0.929. The van der Waals surface area contributed by atoms with Gasteiger partial charge in [0, 0.05) is 19.2 Å². The Balaban J connectivity index is 2.60. The van der Waals surface area contributed by atoms with Gasteiger partial charge in [-0.2, -0.15) is 4.98 Å². The van der Waals surface area contributed by atoms with Gasteiger partial charge in [0.1, 0.15) is 10.4 Å². The maximum atomic E-state index is 5.61. The van der Waals surface area contributed by atoms with Crippen molar-refractivity contribution in [3.63, 3.8) is 0 Å². The Labute approximate surface area is 104 Å². The number of aromatic nitrogens is 2. The molecule has 0 aliphatic heterocycles. The van der Waals surface area contributed by atoms with Crippen molar-refractivity contribution in [3.8, 4) is 0 Å². The topological polar surface area (TPSA) is 73.1 Å². The number of anilines is 2. The second-order valence-electron chi connectivity index (χ2n) is 3.99. The van der Waals surface area contributed by atoms with Crippen molar-refractivity contribution in [1.29, 1.82) is 0 Å². The summed E-state index contributed by atoms with van der Waals surface area (Å²) in [5.41, 5.74) is 5.35. The highest BCUT2D eigenvalue weighted by atomic mass is 79.9. The minimum absolute atomic E-state index is 0.255. The van der Waals surface area contributed by atoms with E-state index in [9.17, 15) is 0 Å². The molecule has 0 fully saturated rings. The van der Waals surface area contributed by atoms with Crippen LogP contribution in [0.4, 0.5) is 11.8 Å². The van der Waals surface area contributed by atoms with Crippen LogP contribution in [-0.4, -0.2) is 28.7 Å². The molecule has 1 rings (SSSR count). The molecule has 0 aliphatic rings. The maximum absolute atomic E-state index is 5.61. The Morgan fingerprint density at radius 1 is 1.50 bits per heavy atom. The molecule has 16 heavy (non-hydrogen) atoms. The maximum Gasteiger partial charge on any atom is 0.225 e. The molecule has 0 unspecified atom stereocenters. The molecule has 5 nitrogen and oxygen atoms in total. The first-order valence-corrected chi connectivity index (χ1v) is 5.90. The lowest BCUT2D eigenvalue weighted by molar-refractivity contribution is 0.000581. The summed E-state index contributed by atoms with van der Waals surface area (Å²) in [6.07, 6.45) is 0. The van der Waals surface area contributed by atoms with Crippen LogP contribution in [0.1, 0.15) is 20.8 Å². The lowest BCUT2D eigenvalue weighted by atomic mass is 10.1. The molecule has 6 heteroatoms. The second kappa shape index (κ2) is 5.45. The molecule has 0 saturated carbocycles. The fourth-order valence-corrected chi connectivity index (χ4v) is 1.65. The third-order valence-corrected chi connectivity index (χ3v) is 2.33. The van der Waals surface area contributed by atoms with E-state index >= 15 is 0 Å². The number of nitrogens with two attached hydrogens (primary N) is 1. The highest BCUT2D eigenvalue weighted by Gasteiger charge is 2.17. The molecular formula is C10H17BrN4O. The number of rotatable bonds is 5. The van der Waals surface area contributed by atoms with E-state index < -0.39 is 0 Å². The number of halogens is 1. The van der Waals surface area contributed by atoms with Crippen LogP contribution in [0.25, 0.3) is 0 Å². The number of nitrogens with zero attached hydrogens (tertiary/aromatic N) is 2. The molecular weight excluding hydrogens is 272 g/mol. The molecule has 1 aromatic rings. The normalized spacial score (nSPS) is 11.5. The zero-order valence-electron chi connectivity index (χ0n) is 9.75. The van der Waals surface area contributed by atoms with E-state index in [1.165, 1.54) is 0 Å². The summed E-state index contributed by atoms with van der Waals surface area (Å²) in [6.45, 7) is 7.28. The average molecular weight is 289 g/mol. The minimum atomic E-state index is -0.255. The van der Waals surface area contributed by atoms with E-state index in [0.29, 0.717) is 29.5 Å². The van der Waals surface area contributed by atoms with Crippen LogP contribution < -0.4 is 11.1 Å². The highest BCUT2D eigenvalue weighted by Crippen LogP contribution is 2.14. The van der Waals surface area contributed by atoms with Crippen LogP contribution in [0.2, 0.25) is 0 Å². The molecule has 0 aromatic carbocycles. The molecule has 0 radical (unpaired) electrons. The number of hydrogen-bond donors (Lipinski definition) is 2. The number of hydrogen-bond acceptors (Lipinski definition) is 5. The van der Waals surface area contributed by atoms with Gasteiger partial charge in [0.25, 0.3) is 0 Å². The van der Waals surface area contributed by atoms with E-state index in [1.54, 1.807) is 6.07 Å². The second-order valence-corrected chi connectivity index (χ2v) is 4.80. The number of ether oxygens (including phenoxy) is 1. The Morgan fingerprint density at radius 2 is 2.19 bits per heavy atom. The van der Waals surface area contributed by atoms with E-state index in [4.69, 9.17) is 10.5 Å². The molecule has 1 aromatic heterocycles. The van der Waals surface area contributed by atoms with E-state index in [1.807, 2.05) is 20.8 Å². The van der Waals surface area contributed by atoms with E-state index in [0.717, 1.165) is 0 Å². The van der Waals surface area contributed by atoms with Gasteiger partial charge in [0.2, 0.25) is 5.95 Å². The first kappa shape index (κ1) is 13.2. The van der Waals surface area contributed by atoms with Crippen molar-refractivity contribution in [2.75, 3.05) is 24.2 Å². The fourth-order valence-electron chi connectivity index (χ4n) is 1.25. The van der Waals surface area contributed by atoms with Crippen LogP contribution in [0.3, 0.4) is 0 Å². The SMILES string of the molecule is CCOC(C)(C)CNc1nc(N)cc(Br)n1. The largest absolute Gasteiger partial charge is 0.383 e. The van der Waals surface area contributed by atoms with Gasteiger partial charge in [-0.1, -0.05) is 0 Å². The highest BCUT2D eigenvalue weighted by molar-refractivity contribution is 9.10. The van der Waals surface area contributed by atoms with Crippen molar-refractivity contribution in [2.45, 2.75) is 26.4 Å². The third-order valence-electron chi connectivity index (χ3n) is 1.92. The molecule has 3 N–H and O–H groups in total. The lowest BCUT2D eigenvalue weighted by Crippen LogP contribution is -2.33. The summed E-state index contributed by atoms with van der Waals surface area (Å²) in [6, 6.07) is 1.65. The van der Waals surface area contributed by atoms with Gasteiger partial charge < -0.3 is 15.8 Å². The van der Waals surface area contributed by atoms with Crippen LogP contribution in [0.15, 0.2) is 10.7 Å². The third kappa shape index (κ3) is 4.32. The van der Waals surface area contributed by atoms with Crippen LogP contribution in [0, 0.1) is 0 Å². The predicted octanol–water partition coefficient (Wildman–Crippen LogP) is 2.05. The minimum Gasteiger partial charge on any atom is -0.383 e. The van der Waals surface area contributed by atoms with Crippen molar-refractivity contribution in [2.24, 2.45) is 0 Å². The van der Waals surface area contributed by atoms with E-state index in [2.05, 4.69) is 31.2 Å². The number of nitrogens with one attached hydrogen (secondary N) is 1. The first-order chi connectivity index (χ1) is 7.43. The smallest absolute Gasteiger partial charge is 0.225 e. The molecule has 90 valence electrons. The van der Waals surface area contributed by atoms with Crippen molar-refractivity contribution < 1.29 is 4.74 Å². The Morgan fingerprint density at radius 3 is 2.75 bits per heavy atom. The van der Waals surface area contributed by atoms with Gasteiger partial charge in [0.15, 0.2) is 0 Å². The van der Waals surface area contributed by atoms with Crippen LogP contribution >= 0.6 is 15.9 Å². The summed E-state index contributed by atoms with van der Waals surface area (Å²) in [5, 5.41) is 3.09. The van der Waals surface area contributed by atoms with Gasteiger partial charge in [-0.25, -0.2) is 4.98 Å². The number of nitrogen functional groups attached to an aromatic ring is 1. The van der Waals surface area contributed by atoms with Crippen molar-refractivity contribution in [1.82, 2.24) is 9.97 Å². The van der Waals surface area contributed by atoms with Gasteiger partial charge in [-0.3, -0.25) is 0 Å². The fraction of sp³-hybridized carbons (Fsp3) is 0.600. The Kier molecular flexibility index (Phi) is 4.49. The van der Waals surface area contributed by atoms with Crippen LogP contribution in [0.5, 0.6) is 0 Å². The molecule has 0 aliphatic carbocycles. The van der Waals surface area contributed by atoms with Crippen LogP contribution in [-0.2, 0) is 4.74 Å². The summed E-state index contributed by atoms with van der Waals surface area (Å²) in [4.78, 5) is 8.22. The molecule has 0 amide bonds. The zero-order valence-corrected chi connectivity index (χ0v) is 11.3. The van der Waals surface area contributed by atoms with Gasteiger partial charge in [-0.05, 0) is 36.7 Å². The predicted molar refractivity (Wildman–Crippen MR) is 68.3 cm³/mol. The Hall–Kier alpha value is -0.880. The average Bonchev–Trinajstić information content (AvgIpc) is 2.13. The summed E-state index contributed by atoms with van der Waals surface area (Å²) in [7, 11) is 0. The van der Waals surface area contributed by atoms with Gasteiger partial charge in [0.05, 0.1) is 5.60 Å². The Bertz CT molecular complexity index is 336. The van der Waals surface area contributed by atoms with Gasteiger partial charge >= 0.3 is 0 Å². The van der Waals surface area contributed by atoms with E-state index in [-0.39, 0.29) is 5.60 Å². The lowest BCUT2D eigenvalue weighted by Gasteiger charge is -2.24. The molecule has 0 spiro atoms. The molecule has 1 heterocycles. The summed E-state index contributed by atoms with van der Waals surface area (Å²) < 4.78 is 6.21. The molecule has 0 bridgehead atoms. The quantitative estimate of drug-likeness (QED) is 0.812. The zero-order chi connectivity index (χ0) is 12.2. The molecule has 0 saturated heterocycles. The van der Waals surface area contributed by atoms with Gasteiger partial charge in [-0.15, -0.1) is 0 Å². The first-order valence-electron chi connectivity index (χ1n) is 5.11. The van der Waals surface area contributed by atoms with Crippen molar-refractivity contribution >= 4 is 27.7 Å².